The summed E-state index contributed by atoms with van der Waals surface area (Å²) in [6.45, 7) is 0.628. The summed E-state index contributed by atoms with van der Waals surface area (Å²) in [6.07, 6.45) is 1.93. The van der Waals surface area contributed by atoms with E-state index in [0.29, 0.717) is 24.2 Å². The van der Waals surface area contributed by atoms with Gasteiger partial charge in [-0.1, -0.05) is 6.07 Å². The summed E-state index contributed by atoms with van der Waals surface area (Å²) < 4.78 is 0. The molecule has 0 aromatic carbocycles. The highest BCUT2D eigenvalue weighted by molar-refractivity contribution is 5.92. The van der Waals surface area contributed by atoms with Crippen molar-refractivity contribution < 1.29 is 4.79 Å². The van der Waals surface area contributed by atoms with E-state index in [1.54, 1.807) is 12.1 Å². The number of H-pyrrole nitrogens is 1. The molecule has 16 heavy (non-hydrogen) atoms. The maximum absolute atomic E-state index is 11.6. The Kier molecular flexibility index (Phi) is 3.05. The lowest BCUT2D eigenvalue weighted by Crippen LogP contribution is -2.42. The minimum absolute atomic E-state index is 0.238. The molecule has 4 N–H and O–H groups in total. The lowest BCUT2D eigenvalue weighted by molar-refractivity contribution is 0.0930. The summed E-state index contributed by atoms with van der Waals surface area (Å²) >= 11 is 0. The van der Waals surface area contributed by atoms with E-state index < -0.39 is 0 Å². The average Bonchev–Trinajstić information content (AvgIpc) is 2.22. The van der Waals surface area contributed by atoms with Crippen molar-refractivity contribution in [1.29, 1.82) is 0 Å². The highest BCUT2D eigenvalue weighted by atomic mass is 16.2. The van der Waals surface area contributed by atoms with Crippen LogP contribution in [-0.2, 0) is 0 Å². The minimum atomic E-state index is -0.265. The first-order chi connectivity index (χ1) is 7.65. The molecule has 0 bridgehead atoms. The van der Waals surface area contributed by atoms with Gasteiger partial charge in [-0.05, 0) is 24.8 Å². The molecule has 0 spiro atoms. The summed E-state index contributed by atoms with van der Waals surface area (Å²) in [5.41, 5.74) is 5.68. The molecule has 1 amide bonds. The van der Waals surface area contributed by atoms with E-state index in [-0.39, 0.29) is 11.5 Å². The molecule has 5 nitrogen and oxygen atoms in total. The van der Waals surface area contributed by atoms with Crippen molar-refractivity contribution in [1.82, 2.24) is 10.3 Å². The van der Waals surface area contributed by atoms with Crippen LogP contribution in [0.3, 0.4) is 0 Å². The molecule has 0 aliphatic heterocycles. The molecule has 5 heteroatoms. The Hall–Kier alpha value is -1.62. The van der Waals surface area contributed by atoms with Crippen LogP contribution in [0.5, 0.6) is 0 Å². The van der Waals surface area contributed by atoms with Crippen LogP contribution in [0.1, 0.15) is 23.3 Å². The van der Waals surface area contributed by atoms with Gasteiger partial charge in [0.25, 0.3) is 5.91 Å². The first-order valence-electron chi connectivity index (χ1n) is 5.38. The predicted molar refractivity (Wildman–Crippen MR) is 60.1 cm³/mol. The van der Waals surface area contributed by atoms with Crippen molar-refractivity contribution in [2.24, 2.45) is 11.7 Å². The zero-order valence-electron chi connectivity index (χ0n) is 8.90. The number of amides is 1. The third-order valence-corrected chi connectivity index (χ3v) is 2.84. The smallest absolute Gasteiger partial charge is 0.267 e. The Morgan fingerprint density at radius 3 is 2.88 bits per heavy atom. The van der Waals surface area contributed by atoms with Crippen LogP contribution >= 0.6 is 0 Å². The molecule has 0 atom stereocenters. The quantitative estimate of drug-likeness (QED) is 0.662. The summed E-state index contributed by atoms with van der Waals surface area (Å²) in [7, 11) is 0. The first-order valence-corrected chi connectivity index (χ1v) is 5.38. The van der Waals surface area contributed by atoms with Crippen molar-refractivity contribution in [3.05, 3.63) is 34.2 Å². The minimum Gasteiger partial charge on any atom is -0.350 e. The maximum atomic E-state index is 11.6. The highest BCUT2D eigenvalue weighted by Gasteiger charge is 2.25. The van der Waals surface area contributed by atoms with Gasteiger partial charge in [-0.15, -0.1) is 0 Å². The molecular weight excluding hydrogens is 206 g/mol. The molecule has 1 aliphatic carbocycles. The molecule has 1 fully saturated rings. The Bertz CT molecular complexity index is 435. The Balaban J connectivity index is 1.86. The van der Waals surface area contributed by atoms with Gasteiger partial charge in [-0.25, -0.2) is 0 Å². The lowest BCUT2D eigenvalue weighted by Gasteiger charge is -2.32. The summed E-state index contributed by atoms with van der Waals surface area (Å²) in [4.78, 5) is 25.1. The predicted octanol–water partition coefficient (Wildman–Crippen LogP) is -0.158. The molecule has 1 saturated carbocycles. The number of carbonyl (C=O) groups is 1. The second kappa shape index (κ2) is 4.49. The number of nitrogens with two attached hydrogens (primary N) is 1. The zero-order chi connectivity index (χ0) is 11.5. The fraction of sp³-hybridized carbons (Fsp3) is 0.455. The van der Waals surface area contributed by atoms with Gasteiger partial charge in [0.15, 0.2) is 0 Å². The van der Waals surface area contributed by atoms with Crippen molar-refractivity contribution in [3.8, 4) is 0 Å². The van der Waals surface area contributed by atoms with Crippen molar-refractivity contribution in [3.63, 3.8) is 0 Å². The van der Waals surface area contributed by atoms with E-state index in [4.69, 9.17) is 5.73 Å². The van der Waals surface area contributed by atoms with Crippen molar-refractivity contribution >= 4 is 5.91 Å². The second-order valence-electron chi connectivity index (χ2n) is 4.24. The number of aromatic nitrogens is 1. The fourth-order valence-electron chi connectivity index (χ4n) is 1.87. The highest BCUT2D eigenvalue weighted by Crippen LogP contribution is 2.24. The van der Waals surface area contributed by atoms with Crippen LogP contribution in [0, 0.1) is 5.92 Å². The second-order valence-corrected chi connectivity index (χ2v) is 4.24. The van der Waals surface area contributed by atoms with Gasteiger partial charge in [-0.3, -0.25) is 9.59 Å². The van der Waals surface area contributed by atoms with Crippen LogP contribution in [0.25, 0.3) is 0 Å². The number of hydrogen-bond acceptors (Lipinski definition) is 3. The molecular formula is C11H15N3O2. The molecule has 0 saturated heterocycles. The number of nitrogens with one attached hydrogen (secondary N) is 2. The number of pyridine rings is 1. The van der Waals surface area contributed by atoms with E-state index >= 15 is 0 Å². The van der Waals surface area contributed by atoms with Gasteiger partial charge >= 0.3 is 0 Å². The molecule has 1 aromatic rings. The van der Waals surface area contributed by atoms with Crippen LogP contribution in [-0.4, -0.2) is 23.5 Å². The topological polar surface area (TPSA) is 88.0 Å². The largest absolute Gasteiger partial charge is 0.350 e. The summed E-state index contributed by atoms with van der Waals surface area (Å²) in [5, 5.41) is 2.78. The lowest BCUT2D eigenvalue weighted by atomic mass is 9.81. The Morgan fingerprint density at radius 1 is 1.50 bits per heavy atom. The number of hydrogen-bond donors (Lipinski definition) is 3. The summed E-state index contributed by atoms with van der Waals surface area (Å²) in [5.74, 6) is 0.243. The van der Waals surface area contributed by atoms with Crippen LogP contribution in [0.4, 0.5) is 0 Å². The van der Waals surface area contributed by atoms with Gasteiger partial charge in [0, 0.05) is 18.7 Å². The van der Waals surface area contributed by atoms with E-state index in [2.05, 4.69) is 10.3 Å². The van der Waals surface area contributed by atoms with Crippen LogP contribution in [0.15, 0.2) is 23.0 Å². The van der Waals surface area contributed by atoms with Crippen LogP contribution in [0.2, 0.25) is 0 Å². The zero-order valence-corrected chi connectivity index (χ0v) is 8.90. The molecule has 0 unspecified atom stereocenters. The van der Waals surface area contributed by atoms with Crippen LogP contribution < -0.4 is 16.6 Å². The fourth-order valence-corrected chi connectivity index (χ4v) is 1.87. The van der Waals surface area contributed by atoms with Gasteiger partial charge in [0.1, 0.15) is 5.69 Å². The monoisotopic (exact) mass is 221 g/mol. The van der Waals surface area contributed by atoms with E-state index in [1.165, 1.54) is 6.07 Å². The first kappa shape index (κ1) is 10.9. The molecule has 1 aliphatic rings. The maximum Gasteiger partial charge on any atom is 0.267 e. The third kappa shape index (κ3) is 2.49. The normalized spacial score (nSPS) is 23.6. The standard InChI is InChI=1S/C11H15N3O2/c12-8-4-7(5-8)6-13-11(16)9-2-1-3-10(15)14-9/h1-3,7-8H,4-6,12H2,(H,13,16)(H,14,15). The van der Waals surface area contributed by atoms with Gasteiger partial charge in [0.05, 0.1) is 0 Å². The van der Waals surface area contributed by atoms with E-state index in [9.17, 15) is 9.59 Å². The number of carbonyl (C=O) groups excluding carboxylic acids is 1. The van der Waals surface area contributed by atoms with Gasteiger partial charge in [-0.2, -0.15) is 0 Å². The SMILES string of the molecule is NC1CC(CNC(=O)c2cccc(=O)[nH]2)C1. The van der Waals surface area contributed by atoms with Gasteiger partial charge < -0.3 is 16.0 Å². The molecule has 1 aromatic heterocycles. The molecule has 1 heterocycles. The van der Waals surface area contributed by atoms with Crippen molar-refractivity contribution in [2.45, 2.75) is 18.9 Å². The van der Waals surface area contributed by atoms with E-state index in [0.717, 1.165) is 12.8 Å². The Morgan fingerprint density at radius 2 is 2.25 bits per heavy atom. The Labute approximate surface area is 93.0 Å². The molecule has 2 rings (SSSR count). The van der Waals surface area contributed by atoms with Gasteiger partial charge in [0.2, 0.25) is 5.56 Å². The summed E-state index contributed by atoms with van der Waals surface area (Å²) in [6, 6.07) is 4.82. The molecule has 0 radical (unpaired) electrons. The average molecular weight is 221 g/mol. The molecule has 86 valence electrons. The van der Waals surface area contributed by atoms with Crippen molar-refractivity contribution in [2.75, 3.05) is 6.54 Å². The van der Waals surface area contributed by atoms with E-state index in [1.807, 2.05) is 0 Å². The number of aromatic amines is 1. The number of rotatable bonds is 3. The third-order valence-electron chi connectivity index (χ3n) is 2.84.